The van der Waals surface area contributed by atoms with Crippen LogP contribution in [0.5, 0.6) is 0 Å². The fourth-order valence-corrected chi connectivity index (χ4v) is 3.35. The molecule has 116 valence electrons. The van der Waals surface area contributed by atoms with E-state index in [0.29, 0.717) is 0 Å². The maximum Gasteiger partial charge on any atom is 0.0916 e. The molecule has 0 aliphatic carbocycles. The summed E-state index contributed by atoms with van der Waals surface area (Å²) in [5.41, 5.74) is 2.47. The topological polar surface area (TPSA) is 23.5 Å². The molecule has 2 aromatic carbocycles. The highest BCUT2D eigenvalue weighted by Gasteiger charge is 2.21. The molecule has 1 N–H and O–H groups in total. The molecule has 1 aliphatic rings. The molecule has 0 bridgehead atoms. The van der Waals surface area contributed by atoms with Crippen LogP contribution in [0, 0.1) is 5.92 Å². The molecule has 2 heteroatoms. The molecule has 22 heavy (non-hydrogen) atoms. The summed E-state index contributed by atoms with van der Waals surface area (Å²) in [5, 5.41) is 10.3. The molecule has 0 unspecified atom stereocenters. The zero-order valence-corrected chi connectivity index (χ0v) is 13.1. The molecule has 1 heterocycles. The second kappa shape index (κ2) is 7.57. The highest BCUT2D eigenvalue weighted by molar-refractivity contribution is 5.18. The highest BCUT2D eigenvalue weighted by atomic mass is 16.3. The summed E-state index contributed by atoms with van der Waals surface area (Å²) < 4.78 is 0. The van der Waals surface area contributed by atoms with Gasteiger partial charge in [0.1, 0.15) is 0 Å². The van der Waals surface area contributed by atoms with Crippen molar-refractivity contribution in [3.8, 4) is 0 Å². The van der Waals surface area contributed by atoms with Gasteiger partial charge in [0.05, 0.1) is 6.10 Å². The van der Waals surface area contributed by atoms with Crippen LogP contribution in [0.3, 0.4) is 0 Å². The minimum absolute atomic E-state index is 0.369. The Morgan fingerprint density at radius 2 is 1.50 bits per heavy atom. The first-order valence-electron chi connectivity index (χ1n) is 8.30. The Morgan fingerprint density at radius 1 is 0.909 bits per heavy atom. The number of hydrogen-bond acceptors (Lipinski definition) is 2. The summed E-state index contributed by atoms with van der Waals surface area (Å²) >= 11 is 0. The van der Waals surface area contributed by atoms with Gasteiger partial charge in [0.15, 0.2) is 0 Å². The first kappa shape index (κ1) is 15.3. The van der Waals surface area contributed by atoms with E-state index >= 15 is 0 Å². The van der Waals surface area contributed by atoms with E-state index in [9.17, 15) is 5.11 Å². The van der Waals surface area contributed by atoms with Crippen molar-refractivity contribution in [2.45, 2.75) is 25.4 Å². The van der Waals surface area contributed by atoms with Crippen molar-refractivity contribution in [3.05, 3.63) is 71.8 Å². The number of aliphatic hydroxyl groups is 1. The number of piperidine rings is 1. The van der Waals surface area contributed by atoms with Crippen molar-refractivity contribution < 1.29 is 5.11 Å². The molecule has 1 fully saturated rings. The van der Waals surface area contributed by atoms with E-state index in [2.05, 4.69) is 35.2 Å². The number of rotatable bonds is 5. The lowest BCUT2D eigenvalue weighted by atomic mass is 9.90. The van der Waals surface area contributed by atoms with Gasteiger partial charge in [-0.15, -0.1) is 0 Å². The Balaban J connectivity index is 1.46. The molecule has 1 aliphatic heterocycles. The molecule has 0 spiro atoms. The standard InChI is InChI=1S/C20H25NO/c22-20(19-9-5-2-6-10-19)16-21-13-11-18(12-14-21)15-17-7-3-1-4-8-17/h1-10,18,20,22H,11-16H2/t20-/m1/s1. The second-order valence-electron chi connectivity index (χ2n) is 6.36. The number of nitrogens with zero attached hydrogens (tertiary/aromatic N) is 1. The molecule has 1 atom stereocenters. The van der Waals surface area contributed by atoms with Crippen LogP contribution >= 0.6 is 0 Å². The van der Waals surface area contributed by atoms with E-state index in [1.54, 1.807) is 0 Å². The predicted molar refractivity (Wildman–Crippen MR) is 90.7 cm³/mol. The van der Waals surface area contributed by atoms with E-state index in [0.717, 1.165) is 31.1 Å². The van der Waals surface area contributed by atoms with Crippen LogP contribution in [0.1, 0.15) is 30.1 Å². The number of hydrogen-bond donors (Lipinski definition) is 1. The predicted octanol–water partition coefficient (Wildman–Crippen LogP) is 3.67. The first-order valence-corrected chi connectivity index (χ1v) is 8.30. The van der Waals surface area contributed by atoms with E-state index in [4.69, 9.17) is 0 Å². The van der Waals surface area contributed by atoms with Crippen LogP contribution in [0.2, 0.25) is 0 Å². The molecule has 1 saturated heterocycles. The largest absolute Gasteiger partial charge is 0.387 e. The van der Waals surface area contributed by atoms with Gasteiger partial charge in [-0.25, -0.2) is 0 Å². The van der Waals surface area contributed by atoms with Crippen LogP contribution in [0.4, 0.5) is 0 Å². The molecule has 3 rings (SSSR count). The summed E-state index contributed by atoms with van der Waals surface area (Å²) in [7, 11) is 0. The minimum Gasteiger partial charge on any atom is -0.387 e. The van der Waals surface area contributed by atoms with Gasteiger partial charge in [0.2, 0.25) is 0 Å². The lowest BCUT2D eigenvalue weighted by Crippen LogP contribution is -2.37. The Bertz CT molecular complexity index is 546. The quantitative estimate of drug-likeness (QED) is 0.909. The minimum atomic E-state index is -0.369. The molecule has 0 aromatic heterocycles. The Morgan fingerprint density at radius 3 is 2.14 bits per heavy atom. The smallest absolute Gasteiger partial charge is 0.0916 e. The highest BCUT2D eigenvalue weighted by Crippen LogP contribution is 2.23. The van der Waals surface area contributed by atoms with Gasteiger partial charge in [0, 0.05) is 6.54 Å². The summed E-state index contributed by atoms with van der Waals surface area (Å²) in [6.07, 6.45) is 3.29. The summed E-state index contributed by atoms with van der Waals surface area (Å²) in [5.74, 6) is 0.785. The third-order valence-corrected chi connectivity index (χ3v) is 4.69. The summed E-state index contributed by atoms with van der Waals surface area (Å²) in [4.78, 5) is 2.40. The van der Waals surface area contributed by atoms with Gasteiger partial charge in [-0.1, -0.05) is 60.7 Å². The van der Waals surface area contributed by atoms with Gasteiger partial charge in [-0.05, 0) is 49.4 Å². The normalized spacial score (nSPS) is 18.2. The Labute approximate surface area is 133 Å². The van der Waals surface area contributed by atoms with Crippen molar-refractivity contribution in [3.63, 3.8) is 0 Å². The SMILES string of the molecule is O[C@H](CN1CCC(Cc2ccccc2)CC1)c1ccccc1. The van der Waals surface area contributed by atoms with Crippen molar-refractivity contribution >= 4 is 0 Å². The molecule has 2 nitrogen and oxygen atoms in total. The van der Waals surface area contributed by atoms with Gasteiger partial charge in [0.25, 0.3) is 0 Å². The fraction of sp³-hybridized carbons (Fsp3) is 0.400. The Kier molecular flexibility index (Phi) is 5.25. The number of likely N-dealkylation sites (tertiary alicyclic amines) is 1. The van der Waals surface area contributed by atoms with Crippen LogP contribution in [0.25, 0.3) is 0 Å². The average Bonchev–Trinajstić information content (AvgIpc) is 2.58. The van der Waals surface area contributed by atoms with E-state index in [1.807, 2.05) is 30.3 Å². The van der Waals surface area contributed by atoms with Crippen LogP contribution in [-0.2, 0) is 6.42 Å². The van der Waals surface area contributed by atoms with Gasteiger partial charge in [-0.2, -0.15) is 0 Å². The van der Waals surface area contributed by atoms with Crippen molar-refractivity contribution in [2.24, 2.45) is 5.92 Å². The first-order chi connectivity index (χ1) is 10.8. The van der Waals surface area contributed by atoms with Crippen molar-refractivity contribution in [1.29, 1.82) is 0 Å². The molecule has 2 aromatic rings. The molecule has 0 radical (unpaired) electrons. The number of β-amino-alcohol motifs (C(OH)–C–C–N with tert-alkyl or cyclic N) is 1. The van der Waals surface area contributed by atoms with Crippen molar-refractivity contribution in [1.82, 2.24) is 4.90 Å². The molecule has 0 amide bonds. The maximum absolute atomic E-state index is 10.3. The fourth-order valence-electron chi connectivity index (χ4n) is 3.35. The van der Waals surface area contributed by atoms with Crippen molar-refractivity contribution in [2.75, 3.05) is 19.6 Å². The van der Waals surface area contributed by atoms with Gasteiger partial charge < -0.3 is 10.0 Å². The zero-order chi connectivity index (χ0) is 15.2. The van der Waals surface area contributed by atoms with E-state index < -0.39 is 0 Å². The number of aliphatic hydroxyl groups excluding tert-OH is 1. The monoisotopic (exact) mass is 295 g/mol. The summed E-state index contributed by atoms with van der Waals surface area (Å²) in [6, 6.07) is 20.8. The average molecular weight is 295 g/mol. The molecular formula is C20H25NO. The second-order valence-corrected chi connectivity index (χ2v) is 6.36. The van der Waals surface area contributed by atoms with Gasteiger partial charge in [-0.3, -0.25) is 0 Å². The van der Waals surface area contributed by atoms with E-state index in [1.165, 1.54) is 24.8 Å². The lowest BCUT2D eigenvalue weighted by Gasteiger charge is -2.33. The van der Waals surface area contributed by atoms with Crippen LogP contribution in [0.15, 0.2) is 60.7 Å². The van der Waals surface area contributed by atoms with Crippen LogP contribution in [-0.4, -0.2) is 29.6 Å². The maximum atomic E-state index is 10.3. The number of benzene rings is 2. The third kappa shape index (κ3) is 4.19. The van der Waals surface area contributed by atoms with E-state index in [-0.39, 0.29) is 6.10 Å². The molecular weight excluding hydrogens is 270 g/mol. The summed E-state index contributed by atoms with van der Waals surface area (Å²) in [6.45, 7) is 2.95. The molecule has 0 saturated carbocycles. The van der Waals surface area contributed by atoms with Crippen LogP contribution < -0.4 is 0 Å². The van der Waals surface area contributed by atoms with Gasteiger partial charge >= 0.3 is 0 Å². The zero-order valence-electron chi connectivity index (χ0n) is 13.1. The Hall–Kier alpha value is -1.64. The third-order valence-electron chi connectivity index (χ3n) is 4.69. The lowest BCUT2D eigenvalue weighted by molar-refractivity contribution is 0.0893.